The third kappa shape index (κ3) is 7.13. The second kappa shape index (κ2) is 11.0. The highest BCUT2D eigenvalue weighted by Gasteiger charge is 2.27. The van der Waals surface area contributed by atoms with E-state index in [4.69, 9.17) is 0 Å². The number of carbonyl (C=O) groups excluding carboxylic acids is 3. The molecule has 1 fully saturated rings. The van der Waals surface area contributed by atoms with E-state index in [-0.39, 0.29) is 47.3 Å². The average molecular weight is 487 g/mol. The van der Waals surface area contributed by atoms with Crippen molar-refractivity contribution in [1.29, 1.82) is 0 Å². The third-order valence-electron chi connectivity index (χ3n) is 5.21. The molecule has 0 aliphatic carbocycles. The van der Waals surface area contributed by atoms with E-state index in [1.807, 2.05) is 0 Å². The SMILES string of the molecule is CCCS(=O)(=O)N(CCCN1CCCC1=O)C(=O)CCC(=O)c1ccc(S(C)(=O)=O)cc1. The second-order valence-corrected chi connectivity index (χ2v) is 11.9. The quantitative estimate of drug-likeness (QED) is 0.411. The highest BCUT2D eigenvalue weighted by Crippen LogP contribution is 2.15. The van der Waals surface area contributed by atoms with Gasteiger partial charge in [0.05, 0.1) is 10.6 Å². The zero-order chi connectivity index (χ0) is 23.9. The molecule has 1 aliphatic rings. The van der Waals surface area contributed by atoms with Gasteiger partial charge in [0.15, 0.2) is 15.6 Å². The van der Waals surface area contributed by atoms with Gasteiger partial charge in [-0.25, -0.2) is 21.1 Å². The molecule has 0 saturated carbocycles. The van der Waals surface area contributed by atoms with Gasteiger partial charge < -0.3 is 4.90 Å². The summed E-state index contributed by atoms with van der Waals surface area (Å²) in [6, 6.07) is 5.40. The summed E-state index contributed by atoms with van der Waals surface area (Å²) in [5.41, 5.74) is 0.251. The van der Waals surface area contributed by atoms with Crippen LogP contribution in [0.15, 0.2) is 29.2 Å². The van der Waals surface area contributed by atoms with Gasteiger partial charge in [0.1, 0.15) is 0 Å². The molecule has 0 spiro atoms. The van der Waals surface area contributed by atoms with Crippen molar-refractivity contribution in [1.82, 2.24) is 9.21 Å². The Kier molecular flexibility index (Phi) is 8.97. The smallest absolute Gasteiger partial charge is 0.237 e. The maximum absolute atomic E-state index is 12.7. The lowest BCUT2D eigenvalue weighted by molar-refractivity contribution is -0.127. The van der Waals surface area contributed by atoms with Crippen molar-refractivity contribution < 1.29 is 31.2 Å². The van der Waals surface area contributed by atoms with Crippen LogP contribution in [-0.2, 0) is 29.4 Å². The number of hydrogen-bond donors (Lipinski definition) is 0. The van der Waals surface area contributed by atoms with Crippen molar-refractivity contribution in [3.63, 3.8) is 0 Å². The van der Waals surface area contributed by atoms with Crippen molar-refractivity contribution >= 4 is 37.5 Å². The molecule has 178 valence electrons. The van der Waals surface area contributed by atoms with Gasteiger partial charge >= 0.3 is 0 Å². The summed E-state index contributed by atoms with van der Waals surface area (Å²) in [6.45, 7) is 2.69. The van der Waals surface area contributed by atoms with Crippen LogP contribution in [0.5, 0.6) is 0 Å². The van der Waals surface area contributed by atoms with Crippen molar-refractivity contribution in [2.75, 3.05) is 31.6 Å². The van der Waals surface area contributed by atoms with Gasteiger partial charge in [-0.3, -0.25) is 14.4 Å². The Morgan fingerprint density at radius 2 is 1.72 bits per heavy atom. The Morgan fingerprint density at radius 3 is 2.25 bits per heavy atom. The number of rotatable bonds is 12. The number of benzene rings is 1. The monoisotopic (exact) mass is 486 g/mol. The maximum Gasteiger partial charge on any atom is 0.237 e. The van der Waals surface area contributed by atoms with Gasteiger partial charge in [-0.2, -0.15) is 0 Å². The predicted molar refractivity (Wildman–Crippen MR) is 119 cm³/mol. The summed E-state index contributed by atoms with van der Waals surface area (Å²) in [5.74, 6) is -1.18. The van der Waals surface area contributed by atoms with Gasteiger partial charge in [0, 0.05) is 50.7 Å². The van der Waals surface area contributed by atoms with Gasteiger partial charge in [-0.1, -0.05) is 19.1 Å². The lowest BCUT2D eigenvalue weighted by atomic mass is 10.1. The predicted octanol–water partition coefficient (Wildman–Crippen LogP) is 1.63. The van der Waals surface area contributed by atoms with Crippen LogP contribution in [0.25, 0.3) is 0 Å². The first-order valence-corrected chi connectivity index (χ1v) is 14.1. The zero-order valence-corrected chi connectivity index (χ0v) is 20.1. The number of sulfonamides is 1. The first-order valence-electron chi connectivity index (χ1n) is 10.6. The van der Waals surface area contributed by atoms with E-state index in [1.165, 1.54) is 24.3 Å². The maximum atomic E-state index is 12.7. The lowest BCUT2D eigenvalue weighted by Crippen LogP contribution is -2.40. The standard InChI is InChI=1S/C21H30N2O7S2/c1-3-16-32(29,30)23(15-5-14-22-13-4-6-20(22)25)21(26)12-11-19(24)17-7-9-18(10-8-17)31(2,27)28/h7-10H,3-6,11-16H2,1-2H3. The minimum Gasteiger partial charge on any atom is -0.343 e. The topological polar surface area (TPSA) is 126 Å². The molecule has 0 unspecified atom stereocenters. The van der Waals surface area contributed by atoms with Crippen LogP contribution in [0.4, 0.5) is 0 Å². The Bertz CT molecular complexity index is 1050. The lowest BCUT2D eigenvalue weighted by Gasteiger charge is -2.24. The minimum atomic E-state index is -3.81. The Labute approximate surface area is 189 Å². The fraction of sp³-hybridized carbons (Fsp3) is 0.571. The summed E-state index contributed by atoms with van der Waals surface area (Å²) in [4.78, 5) is 38.6. The number of nitrogens with zero attached hydrogens (tertiary/aromatic N) is 2. The molecule has 9 nitrogen and oxygen atoms in total. The number of ketones is 1. The molecular weight excluding hydrogens is 456 g/mol. The molecular formula is C21H30N2O7S2. The molecule has 2 amide bonds. The van der Waals surface area contributed by atoms with Crippen molar-refractivity contribution in [3.8, 4) is 0 Å². The molecule has 2 rings (SSSR count). The van der Waals surface area contributed by atoms with Crippen LogP contribution in [0.2, 0.25) is 0 Å². The van der Waals surface area contributed by atoms with Gasteiger partial charge in [0.2, 0.25) is 21.8 Å². The first-order chi connectivity index (χ1) is 15.0. The van der Waals surface area contributed by atoms with Gasteiger partial charge in [-0.05, 0) is 31.4 Å². The van der Waals surface area contributed by atoms with Crippen LogP contribution in [0.1, 0.15) is 55.8 Å². The van der Waals surface area contributed by atoms with Gasteiger partial charge in [0.25, 0.3) is 0 Å². The highest BCUT2D eigenvalue weighted by atomic mass is 32.2. The summed E-state index contributed by atoms with van der Waals surface area (Å²) >= 11 is 0. The van der Waals surface area contributed by atoms with E-state index in [9.17, 15) is 31.2 Å². The molecule has 0 bridgehead atoms. The molecule has 1 aliphatic heterocycles. The van der Waals surface area contributed by atoms with Crippen LogP contribution in [0.3, 0.4) is 0 Å². The minimum absolute atomic E-state index is 0.0341. The van der Waals surface area contributed by atoms with Crippen molar-refractivity contribution in [2.24, 2.45) is 0 Å². The molecule has 1 saturated heterocycles. The largest absolute Gasteiger partial charge is 0.343 e. The molecule has 0 atom stereocenters. The molecule has 32 heavy (non-hydrogen) atoms. The van der Waals surface area contributed by atoms with E-state index >= 15 is 0 Å². The number of amides is 2. The average Bonchev–Trinajstić information content (AvgIpc) is 3.13. The van der Waals surface area contributed by atoms with Crippen molar-refractivity contribution in [2.45, 2.75) is 50.3 Å². The fourth-order valence-corrected chi connectivity index (χ4v) is 5.69. The second-order valence-electron chi connectivity index (χ2n) is 7.84. The van der Waals surface area contributed by atoms with Crippen LogP contribution in [0, 0.1) is 0 Å². The van der Waals surface area contributed by atoms with Crippen LogP contribution >= 0.6 is 0 Å². The van der Waals surface area contributed by atoms with E-state index in [0.717, 1.165) is 17.0 Å². The Morgan fingerprint density at radius 1 is 1.06 bits per heavy atom. The van der Waals surface area contributed by atoms with E-state index in [0.29, 0.717) is 32.4 Å². The summed E-state index contributed by atoms with van der Waals surface area (Å²) in [6.07, 6.45) is 2.54. The number of Topliss-reactive ketones (excluding diaryl/α,β-unsaturated/α-hetero) is 1. The number of carbonyl (C=O) groups is 3. The molecule has 11 heteroatoms. The normalized spacial score (nSPS) is 14.6. The molecule has 0 aromatic heterocycles. The van der Waals surface area contributed by atoms with E-state index in [1.54, 1.807) is 11.8 Å². The molecule has 0 radical (unpaired) electrons. The van der Waals surface area contributed by atoms with Crippen LogP contribution < -0.4 is 0 Å². The molecule has 0 N–H and O–H groups in total. The number of hydrogen-bond acceptors (Lipinski definition) is 7. The zero-order valence-electron chi connectivity index (χ0n) is 18.4. The van der Waals surface area contributed by atoms with E-state index in [2.05, 4.69) is 0 Å². The number of likely N-dealkylation sites (tertiary alicyclic amines) is 1. The number of sulfone groups is 1. The summed E-state index contributed by atoms with van der Waals surface area (Å²) in [7, 11) is -7.20. The molecule has 1 aromatic carbocycles. The third-order valence-corrected chi connectivity index (χ3v) is 8.32. The first kappa shape index (κ1) is 26.0. The summed E-state index contributed by atoms with van der Waals surface area (Å²) < 4.78 is 49.1. The fourth-order valence-electron chi connectivity index (χ4n) is 3.51. The Balaban J connectivity index is 2.00. The highest BCUT2D eigenvalue weighted by molar-refractivity contribution is 7.90. The Hall–Kier alpha value is -2.27. The van der Waals surface area contributed by atoms with Crippen molar-refractivity contribution in [3.05, 3.63) is 29.8 Å². The molecule has 1 heterocycles. The van der Waals surface area contributed by atoms with Gasteiger partial charge in [-0.15, -0.1) is 0 Å². The van der Waals surface area contributed by atoms with E-state index < -0.39 is 25.8 Å². The van der Waals surface area contributed by atoms with Crippen LogP contribution in [-0.4, -0.2) is 75.3 Å². The molecule has 1 aromatic rings. The summed E-state index contributed by atoms with van der Waals surface area (Å²) in [5, 5.41) is 0.